The van der Waals surface area contributed by atoms with Gasteiger partial charge in [0.2, 0.25) is 12.6 Å². The zero-order valence-electron chi connectivity index (χ0n) is 25.1. The van der Waals surface area contributed by atoms with Gasteiger partial charge in [-0.3, -0.25) is 33.6 Å². The van der Waals surface area contributed by atoms with Crippen molar-refractivity contribution in [1.29, 1.82) is 0 Å². The fourth-order valence-corrected chi connectivity index (χ4v) is 4.41. The normalized spacial score (nSPS) is 31.5. The summed E-state index contributed by atoms with van der Waals surface area (Å²) in [6, 6.07) is 0. The van der Waals surface area contributed by atoms with E-state index in [0.717, 1.165) is 48.5 Å². The van der Waals surface area contributed by atoms with E-state index in [9.17, 15) is 38.7 Å². The topological polar surface area (TPSA) is 232 Å². The molecule has 0 unspecified atom stereocenters. The Labute approximate surface area is 251 Å². The first kappa shape index (κ1) is 36.3. The van der Waals surface area contributed by atoms with Gasteiger partial charge in [0.05, 0.1) is 0 Å². The fraction of sp³-hybridized carbons (Fsp3) is 0.731. The standard InChI is InChI=1S/C26H36O18/c1-10(27)35-8-17-19(34)21(38-13(4)30)23(40-15(6)32)25(42-17)44-26-24(41-16(7)33)22(39-14(5)31)20(37-12(3)29)18(43-26)9-36-11(2)28/h17-26,34H,8-9H2,1-7H3/t17-,18-,19+,20+,21+,22+,23-,24-,25+,26+/m1/s1. The third-order valence-corrected chi connectivity index (χ3v) is 5.89. The number of carbonyl (C=O) groups is 7. The molecule has 0 amide bonds. The maximum Gasteiger partial charge on any atom is 0.303 e. The van der Waals surface area contributed by atoms with Crippen LogP contribution in [0.4, 0.5) is 0 Å². The molecule has 0 spiro atoms. The predicted molar refractivity (Wildman–Crippen MR) is 135 cm³/mol. The second-order valence-electron chi connectivity index (χ2n) is 9.69. The van der Waals surface area contributed by atoms with Crippen molar-refractivity contribution >= 4 is 41.8 Å². The first-order valence-electron chi connectivity index (χ1n) is 13.3. The van der Waals surface area contributed by atoms with E-state index in [4.69, 9.17) is 47.4 Å². The average molecular weight is 637 g/mol. The van der Waals surface area contributed by atoms with Gasteiger partial charge in [-0.05, 0) is 0 Å². The lowest BCUT2D eigenvalue weighted by Gasteiger charge is -2.47. The van der Waals surface area contributed by atoms with E-state index in [2.05, 4.69) is 0 Å². The van der Waals surface area contributed by atoms with E-state index in [-0.39, 0.29) is 0 Å². The Balaban J connectivity index is 2.61. The highest BCUT2D eigenvalue weighted by Crippen LogP contribution is 2.34. The van der Waals surface area contributed by atoms with Crippen LogP contribution in [0, 0.1) is 0 Å². The van der Waals surface area contributed by atoms with Crippen molar-refractivity contribution in [3.05, 3.63) is 0 Å². The van der Waals surface area contributed by atoms with E-state index in [1.807, 2.05) is 0 Å². The summed E-state index contributed by atoms with van der Waals surface area (Å²) in [5.41, 5.74) is 0. The van der Waals surface area contributed by atoms with Gasteiger partial charge in [-0.15, -0.1) is 0 Å². The number of carbonyl (C=O) groups excluding carboxylic acids is 7. The molecule has 18 nitrogen and oxygen atoms in total. The maximum absolute atomic E-state index is 12.1. The SMILES string of the molecule is CC(=O)OC[C@H]1O[C@@H](O[C@@H]2O[C@H](COC(C)=O)[C@H](OC(C)=O)[C@H](OC(C)=O)[C@H]2OC(C)=O)[C@H](OC(C)=O)[C@@H](OC(C)=O)[C@H]1O. The summed E-state index contributed by atoms with van der Waals surface area (Å²) in [6.07, 6.45) is -16.3. The van der Waals surface area contributed by atoms with Crippen molar-refractivity contribution in [2.45, 2.75) is 110 Å². The molecule has 2 fully saturated rings. The van der Waals surface area contributed by atoms with Gasteiger partial charge in [-0.2, -0.15) is 0 Å². The van der Waals surface area contributed by atoms with Crippen LogP contribution in [-0.4, -0.2) is 122 Å². The molecule has 2 heterocycles. The highest BCUT2D eigenvalue weighted by molar-refractivity contribution is 5.69. The highest BCUT2D eigenvalue weighted by Gasteiger charge is 2.56. The maximum atomic E-state index is 12.1. The highest BCUT2D eigenvalue weighted by atomic mass is 16.8. The molecule has 2 saturated heterocycles. The largest absolute Gasteiger partial charge is 0.463 e. The Morgan fingerprint density at radius 2 is 0.818 bits per heavy atom. The Kier molecular flexibility index (Phi) is 13.4. The van der Waals surface area contributed by atoms with Crippen LogP contribution in [0.5, 0.6) is 0 Å². The molecule has 0 aromatic carbocycles. The lowest BCUT2D eigenvalue weighted by molar-refractivity contribution is -0.377. The van der Waals surface area contributed by atoms with Gasteiger partial charge >= 0.3 is 41.8 Å². The molecule has 1 N–H and O–H groups in total. The van der Waals surface area contributed by atoms with Crippen LogP contribution in [0.3, 0.4) is 0 Å². The Bertz CT molecular complexity index is 1090. The molecule has 18 heteroatoms. The molecule has 10 atom stereocenters. The molecule has 0 radical (unpaired) electrons. The van der Waals surface area contributed by atoms with Crippen LogP contribution < -0.4 is 0 Å². The van der Waals surface area contributed by atoms with Gasteiger partial charge in [0.25, 0.3) is 0 Å². The number of rotatable bonds is 11. The summed E-state index contributed by atoms with van der Waals surface area (Å²) in [4.78, 5) is 83.2. The summed E-state index contributed by atoms with van der Waals surface area (Å²) >= 11 is 0. The van der Waals surface area contributed by atoms with Crippen LogP contribution in [0.1, 0.15) is 48.5 Å². The summed E-state index contributed by atoms with van der Waals surface area (Å²) in [5.74, 6) is -6.00. The lowest BCUT2D eigenvalue weighted by atomic mass is 9.97. The van der Waals surface area contributed by atoms with Gasteiger partial charge in [0.1, 0.15) is 31.5 Å². The van der Waals surface area contributed by atoms with E-state index in [1.165, 1.54) is 0 Å². The Morgan fingerprint density at radius 1 is 0.477 bits per heavy atom. The predicted octanol–water partition coefficient (Wildman–Crippen LogP) is -1.40. The van der Waals surface area contributed by atoms with Gasteiger partial charge in [-0.1, -0.05) is 0 Å². The third kappa shape index (κ3) is 10.7. The molecule has 0 aliphatic carbocycles. The quantitative estimate of drug-likeness (QED) is 0.203. The number of hydrogen-bond acceptors (Lipinski definition) is 18. The number of ether oxygens (including phenoxy) is 10. The van der Waals surface area contributed by atoms with E-state index < -0.39 is 116 Å². The van der Waals surface area contributed by atoms with Crippen LogP contribution in [0.2, 0.25) is 0 Å². The smallest absolute Gasteiger partial charge is 0.303 e. The van der Waals surface area contributed by atoms with Crippen LogP contribution in [-0.2, 0) is 80.9 Å². The van der Waals surface area contributed by atoms with Crippen LogP contribution >= 0.6 is 0 Å². The minimum atomic E-state index is -1.80. The van der Waals surface area contributed by atoms with Crippen molar-refractivity contribution in [1.82, 2.24) is 0 Å². The molecule has 0 saturated carbocycles. The average Bonchev–Trinajstić information content (AvgIpc) is 2.87. The Morgan fingerprint density at radius 3 is 1.25 bits per heavy atom. The van der Waals surface area contributed by atoms with Crippen molar-refractivity contribution in [2.75, 3.05) is 13.2 Å². The molecule has 0 aromatic heterocycles. The van der Waals surface area contributed by atoms with Gasteiger partial charge in [-0.25, -0.2) is 0 Å². The molecule has 2 aliphatic rings. The number of hydrogen-bond donors (Lipinski definition) is 1. The first-order valence-corrected chi connectivity index (χ1v) is 13.3. The van der Waals surface area contributed by atoms with Crippen molar-refractivity contribution < 1.29 is 86.0 Å². The number of aliphatic hydroxyl groups excluding tert-OH is 1. The van der Waals surface area contributed by atoms with Crippen molar-refractivity contribution in [3.63, 3.8) is 0 Å². The number of esters is 7. The van der Waals surface area contributed by atoms with E-state index >= 15 is 0 Å². The molecule has 248 valence electrons. The van der Waals surface area contributed by atoms with Crippen LogP contribution in [0.25, 0.3) is 0 Å². The zero-order valence-corrected chi connectivity index (χ0v) is 25.1. The Hall–Kier alpha value is -3.87. The molecule has 0 aromatic rings. The molecule has 2 aliphatic heterocycles. The molecule has 44 heavy (non-hydrogen) atoms. The fourth-order valence-electron chi connectivity index (χ4n) is 4.41. The summed E-state index contributed by atoms with van der Waals surface area (Å²) < 4.78 is 54.0. The van der Waals surface area contributed by atoms with Gasteiger partial charge in [0.15, 0.2) is 30.5 Å². The molecule has 0 bridgehead atoms. The molecular formula is C26H36O18. The van der Waals surface area contributed by atoms with Gasteiger partial charge in [0, 0.05) is 48.5 Å². The van der Waals surface area contributed by atoms with E-state index in [1.54, 1.807) is 0 Å². The van der Waals surface area contributed by atoms with Gasteiger partial charge < -0.3 is 52.5 Å². The van der Waals surface area contributed by atoms with Crippen molar-refractivity contribution in [2.24, 2.45) is 0 Å². The minimum Gasteiger partial charge on any atom is -0.463 e. The summed E-state index contributed by atoms with van der Waals surface area (Å²) in [5, 5.41) is 10.9. The third-order valence-electron chi connectivity index (χ3n) is 5.89. The minimum absolute atomic E-state index is 0.569. The first-order chi connectivity index (χ1) is 20.5. The monoisotopic (exact) mass is 636 g/mol. The second kappa shape index (κ2) is 16.3. The number of aliphatic hydroxyl groups is 1. The second-order valence-corrected chi connectivity index (χ2v) is 9.69. The summed E-state index contributed by atoms with van der Waals surface area (Å²) in [7, 11) is 0. The van der Waals surface area contributed by atoms with E-state index in [0.29, 0.717) is 0 Å². The summed E-state index contributed by atoms with van der Waals surface area (Å²) in [6.45, 7) is 6.14. The molecule has 2 rings (SSSR count). The lowest BCUT2D eigenvalue weighted by Crippen LogP contribution is -2.66. The van der Waals surface area contributed by atoms with Crippen molar-refractivity contribution in [3.8, 4) is 0 Å². The van der Waals surface area contributed by atoms with Crippen LogP contribution in [0.15, 0.2) is 0 Å². The zero-order chi connectivity index (χ0) is 33.3. The molecular weight excluding hydrogens is 600 g/mol.